The molecule has 2 bridgehead atoms. The van der Waals surface area contributed by atoms with Crippen molar-refractivity contribution in [2.24, 2.45) is 22.7 Å². The lowest BCUT2D eigenvalue weighted by atomic mass is 9.42. The van der Waals surface area contributed by atoms with E-state index in [-0.39, 0.29) is 25.4 Å². The van der Waals surface area contributed by atoms with E-state index in [2.05, 4.69) is 0 Å². The third-order valence-electron chi connectivity index (χ3n) is 13.8. The number of thioether (sulfide) groups is 1. The maximum atomic E-state index is 15.3. The first-order valence-corrected chi connectivity index (χ1v) is 20.6. The second kappa shape index (κ2) is 14.6. The van der Waals surface area contributed by atoms with Crippen molar-refractivity contribution in [1.82, 2.24) is 0 Å². The molecule has 2 saturated carbocycles. The number of hydrogen-bond donors (Lipinski definition) is 2. The molecule has 2 aliphatic heterocycles. The van der Waals surface area contributed by atoms with Gasteiger partial charge >= 0.3 is 11.9 Å². The Morgan fingerprint density at radius 1 is 0.982 bits per heavy atom. The minimum Gasteiger partial charge on any atom is -0.497 e. The van der Waals surface area contributed by atoms with E-state index in [1.54, 1.807) is 21.0 Å². The number of esters is 2. The number of carbonyl (C=O) groups is 3. The summed E-state index contributed by atoms with van der Waals surface area (Å²) in [7, 11) is 1.60. The molecule has 0 radical (unpaired) electrons. The van der Waals surface area contributed by atoms with E-state index in [0.717, 1.165) is 11.1 Å². The Balaban J connectivity index is 1.30. The van der Waals surface area contributed by atoms with Crippen molar-refractivity contribution in [1.29, 1.82) is 0 Å². The zero-order chi connectivity index (χ0) is 39.7. The molecule has 298 valence electrons. The van der Waals surface area contributed by atoms with Gasteiger partial charge in [0.15, 0.2) is 18.0 Å². The van der Waals surface area contributed by atoms with E-state index >= 15 is 4.79 Å². The molecule has 2 heterocycles. The SMILES string of the molecule is COc1ccc([C@@H]2C[C@@H](c3ccccc3)C(C(=O)OC3CC4(O)[C@@H](C)C5[C@]6(O)COC6CC(OCSC)[C@@]5(C)C(=O)C(OC(C)=O)C(=C3C)C4(C)C)O2)cc1. The highest BCUT2D eigenvalue weighted by Gasteiger charge is 2.75. The molecule has 12 atom stereocenters. The van der Waals surface area contributed by atoms with Crippen LogP contribution < -0.4 is 4.74 Å². The van der Waals surface area contributed by atoms with Crippen LogP contribution in [0.15, 0.2) is 65.7 Å². The van der Waals surface area contributed by atoms with Gasteiger partial charge in [0, 0.05) is 37.0 Å². The lowest BCUT2D eigenvalue weighted by Gasteiger charge is -2.67. The number of hydrogen-bond acceptors (Lipinski definition) is 12. The summed E-state index contributed by atoms with van der Waals surface area (Å²) in [6, 6.07) is 17.3. The lowest BCUT2D eigenvalue weighted by molar-refractivity contribution is -0.338. The summed E-state index contributed by atoms with van der Waals surface area (Å²) in [5, 5.41) is 25.7. The molecule has 0 spiro atoms. The van der Waals surface area contributed by atoms with Gasteiger partial charge in [-0.25, -0.2) is 4.79 Å². The van der Waals surface area contributed by atoms with Gasteiger partial charge in [-0.3, -0.25) is 9.59 Å². The van der Waals surface area contributed by atoms with Gasteiger partial charge in [0.25, 0.3) is 0 Å². The Labute approximate surface area is 327 Å². The van der Waals surface area contributed by atoms with E-state index in [1.165, 1.54) is 18.7 Å². The van der Waals surface area contributed by atoms with Crippen LogP contribution in [0.5, 0.6) is 5.75 Å². The van der Waals surface area contributed by atoms with E-state index in [4.69, 9.17) is 28.4 Å². The van der Waals surface area contributed by atoms with E-state index < -0.39 is 88.2 Å². The molecule has 2 N–H and O–H groups in total. The van der Waals surface area contributed by atoms with Gasteiger partial charge in [-0.05, 0) is 66.8 Å². The number of fused-ring (bicyclic) bond motifs is 5. The number of ketones is 1. The fourth-order valence-electron chi connectivity index (χ4n) is 10.9. The van der Waals surface area contributed by atoms with Crippen LogP contribution >= 0.6 is 11.8 Å². The minimum atomic E-state index is -1.67. The molecule has 5 aliphatic rings. The van der Waals surface area contributed by atoms with Crippen LogP contribution in [0.3, 0.4) is 0 Å². The third-order valence-corrected chi connectivity index (χ3v) is 14.2. The summed E-state index contributed by atoms with van der Waals surface area (Å²) in [4.78, 5) is 42.8. The van der Waals surface area contributed by atoms with Crippen molar-refractivity contribution in [3.63, 3.8) is 0 Å². The summed E-state index contributed by atoms with van der Waals surface area (Å²) >= 11 is 1.46. The van der Waals surface area contributed by atoms with Gasteiger partial charge in [-0.2, -0.15) is 0 Å². The molecule has 2 aromatic rings. The summed E-state index contributed by atoms with van der Waals surface area (Å²) in [5.41, 5.74) is -2.96. The number of rotatable bonds is 9. The van der Waals surface area contributed by atoms with Crippen molar-refractivity contribution >= 4 is 29.5 Å². The van der Waals surface area contributed by atoms with Gasteiger partial charge in [-0.15, -0.1) is 11.8 Å². The van der Waals surface area contributed by atoms with Gasteiger partial charge in [0.05, 0.1) is 49.0 Å². The molecule has 2 saturated heterocycles. The fourth-order valence-corrected chi connectivity index (χ4v) is 11.2. The van der Waals surface area contributed by atoms with E-state index in [0.29, 0.717) is 29.3 Å². The number of benzene rings is 2. The zero-order valence-electron chi connectivity index (χ0n) is 32.9. The molecular weight excluding hydrogens is 725 g/mol. The van der Waals surface area contributed by atoms with Crippen molar-refractivity contribution in [2.75, 3.05) is 25.9 Å². The maximum Gasteiger partial charge on any atom is 0.336 e. The largest absolute Gasteiger partial charge is 0.497 e. The second-order valence-corrected chi connectivity index (χ2v) is 17.7. The Bertz CT molecular complexity index is 1830. The Kier molecular flexibility index (Phi) is 10.6. The number of ether oxygens (including phenoxy) is 6. The number of aliphatic hydroxyl groups is 2. The highest BCUT2D eigenvalue weighted by molar-refractivity contribution is 7.98. The predicted octanol–water partition coefficient (Wildman–Crippen LogP) is 5.71. The molecule has 3 aliphatic carbocycles. The lowest BCUT2D eigenvalue weighted by Crippen LogP contribution is -2.79. The Morgan fingerprint density at radius 2 is 1.67 bits per heavy atom. The molecule has 55 heavy (non-hydrogen) atoms. The number of methoxy groups -OCH3 is 1. The molecule has 7 unspecified atom stereocenters. The summed E-state index contributed by atoms with van der Waals surface area (Å²) in [5.74, 6) is -2.64. The third kappa shape index (κ3) is 6.26. The Hall–Kier alpha value is -3.26. The van der Waals surface area contributed by atoms with Crippen LogP contribution in [0.25, 0.3) is 0 Å². The molecule has 4 fully saturated rings. The molecule has 12 heteroatoms. The maximum absolute atomic E-state index is 15.3. The van der Waals surface area contributed by atoms with E-state index in [9.17, 15) is 19.8 Å². The van der Waals surface area contributed by atoms with Crippen LogP contribution in [-0.4, -0.2) is 95.6 Å². The summed E-state index contributed by atoms with van der Waals surface area (Å²) in [6.45, 7) is 10.3. The first-order chi connectivity index (χ1) is 26.0. The summed E-state index contributed by atoms with van der Waals surface area (Å²) < 4.78 is 36.6. The molecule has 0 aromatic heterocycles. The normalized spacial score (nSPS) is 39.2. The second-order valence-electron chi connectivity index (χ2n) is 16.8. The van der Waals surface area contributed by atoms with Crippen molar-refractivity contribution < 1.29 is 53.0 Å². The van der Waals surface area contributed by atoms with Crippen molar-refractivity contribution in [3.8, 4) is 5.75 Å². The summed E-state index contributed by atoms with van der Waals surface area (Å²) in [6.07, 6.45) is -2.49. The van der Waals surface area contributed by atoms with Gasteiger partial charge in [-0.1, -0.05) is 63.2 Å². The monoisotopic (exact) mass is 778 g/mol. The van der Waals surface area contributed by atoms with Crippen LogP contribution in [-0.2, 0) is 38.1 Å². The fraction of sp³-hybridized carbons (Fsp3) is 0.605. The number of carbonyl (C=O) groups excluding carboxylic acids is 3. The highest BCUT2D eigenvalue weighted by Crippen LogP contribution is 2.65. The Morgan fingerprint density at radius 3 is 2.27 bits per heavy atom. The van der Waals surface area contributed by atoms with Crippen LogP contribution in [0.1, 0.15) is 84.0 Å². The predicted molar refractivity (Wildman–Crippen MR) is 204 cm³/mol. The van der Waals surface area contributed by atoms with Crippen molar-refractivity contribution in [2.45, 2.75) is 115 Å². The molecule has 0 amide bonds. The highest BCUT2D eigenvalue weighted by atomic mass is 32.2. The first kappa shape index (κ1) is 40.0. The molecule has 7 rings (SSSR count). The average molecular weight is 779 g/mol. The first-order valence-electron chi connectivity index (χ1n) is 19.2. The molecular formula is C43H54O11S. The quantitative estimate of drug-likeness (QED) is 0.183. The standard InChI is InChI=1S/C43H54O11S/c1-23-31(54-39(46)35-29(26-12-10-9-11-13-26)18-30(53-35)27-14-16-28(49-7)17-15-27)20-43(48)24(2)37-41(6,32(51-22-55-8)19-33-42(37,47)21-50-33)38(45)36(52-25(3)44)34(23)40(43,4)5/h9-17,24,29-33,35-37,47-48H,18-22H2,1-8H3/t24-,29-,30-,31?,32?,33?,35?,36?,37?,41+,42-,43?/m0/s1. The topological polar surface area (TPSA) is 147 Å². The van der Waals surface area contributed by atoms with E-state index in [1.807, 2.05) is 81.6 Å². The molecule has 11 nitrogen and oxygen atoms in total. The van der Waals surface area contributed by atoms with Gasteiger partial charge in [0.1, 0.15) is 17.5 Å². The molecule has 2 aromatic carbocycles. The zero-order valence-corrected chi connectivity index (χ0v) is 33.7. The number of Topliss-reactive ketones (excluding diaryl/α,β-unsaturated/α-hetero) is 1. The minimum absolute atomic E-state index is 0.0189. The van der Waals surface area contributed by atoms with Crippen LogP contribution in [0.4, 0.5) is 0 Å². The van der Waals surface area contributed by atoms with Crippen molar-refractivity contribution in [3.05, 3.63) is 76.9 Å². The smallest absolute Gasteiger partial charge is 0.336 e. The average Bonchev–Trinajstić information content (AvgIpc) is 3.61. The van der Waals surface area contributed by atoms with Crippen LogP contribution in [0.2, 0.25) is 0 Å². The van der Waals surface area contributed by atoms with Gasteiger partial charge in [0.2, 0.25) is 0 Å². The van der Waals surface area contributed by atoms with Gasteiger partial charge < -0.3 is 38.6 Å². The van der Waals surface area contributed by atoms with Crippen LogP contribution in [0, 0.1) is 22.7 Å².